The third-order valence-corrected chi connectivity index (χ3v) is 1.98. The van der Waals surface area contributed by atoms with Gasteiger partial charge in [-0.05, 0) is 46.9 Å². The van der Waals surface area contributed by atoms with Gasteiger partial charge in [0.05, 0.1) is 5.56 Å². The molecule has 0 amide bonds. The van der Waals surface area contributed by atoms with E-state index in [9.17, 15) is 4.79 Å². The third-order valence-electron chi connectivity index (χ3n) is 1.27. The molecule has 0 aliphatic rings. The summed E-state index contributed by atoms with van der Waals surface area (Å²) in [7, 11) is 1.38. The van der Waals surface area contributed by atoms with Crippen LogP contribution in [-0.2, 0) is 4.65 Å². The molecule has 11 heavy (non-hydrogen) atoms. The lowest BCUT2D eigenvalue weighted by Crippen LogP contribution is -2.01. The number of carbonyl (C=O) groups excluding carboxylic acids is 1. The Bertz CT molecular complexity index is 258. The van der Waals surface area contributed by atoms with Crippen LogP contribution < -0.4 is 0 Å². The van der Waals surface area contributed by atoms with Crippen molar-refractivity contribution in [3.05, 3.63) is 33.4 Å². The van der Waals surface area contributed by atoms with E-state index >= 15 is 0 Å². The quantitative estimate of drug-likeness (QED) is 0.556. The Hall–Kier alpha value is -0.515. The van der Waals surface area contributed by atoms with Crippen LogP contribution in [0.1, 0.15) is 10.4 Å². The van der Waals surface area contributed by atoms with Crippen LogP contribution in [-0.4, -0.2) is 14.0 Å². The molecule has 0 saturated heterocycles. The Balaban J connectivity index is 2.90. The fourth-order valence-corrected chi connectivity index (χ4v) is 1.06. The van der Waals surface area contributed by atoms with Crippen LogP contribution in [0.2, 0.25) is 0 Å². The van der Waals surface area contributed by atoms with E-state index in [-0.39, 0.29) is 5.97 Å². The van der Waals surface area contributed by atoms with E-state index in [1.165, 1.54) is 8.05 Å². The molecule has 1 aromatic rings. The summed E-state index contributed by atoms with van der Waals surface area (Å²) < 4.78 is 5.64. The molecular weight excluding hydrogens is 254 g/mol. The second kappa shape index (κ2) is 3.76. The standard InChI is InChI=1S/C7H6BIO2/c8-11-7(10)5-1-3-6(9)4-2-5/h1-4H,8H2. The van der Waals surface area contributed by atoms with E-state index in [1.54, 1.807) is 12.1 Å². The molecule has 0 unspecified atom stereocenters. The first kappa shape index (κ1) is 8.58. The SMILES string of the molecule is BOC(=O)c1ccc(I)cc1. The molecule has 0 aromatic heterocycles. The van der Waals surface area contributed by atoms with Gasteiger partial charge >= 0.3 is 14.0 Å². The summed E-state index contributed by atoms with van der Waals surface area (Å²) in [6.07, 6.45) is 0. The maximum atomic E-state index is 10.9. The first-order chi connectivity index (χ1) is 5.24. The van der Waals surface area contributed by atoms with Crippen LogP contribution >= 0.6 is 22.6 Å². The summed E-state index contributed by atoms with van der Waals surface area (Å²) >= 11 is 2.18. The summed E-state index contributed by atoms with van der Waals surface area (Å²) in [5.74, 6) is -0.290. The summed E-state index contributed by atoms with van der Waals surface area (Å²) in [5.41, 5.74) is 0.591. The van der Waals surface area contributed by atoms with Gasteiger partial charge in [-0.25, -0.2) is 4.79 Å². The number of rotatable bonds is 1. The number of hydrogen-bond acceptors (Lipinski definition) is 2. The first-order valence-electron chi connectivity index (χ1n) is 3.08. The molecule has 0 spiro atoms. The first-order valence-corrected chi connectivity index (χ1v) is 4.16. The van der Waals surface area contributed by atoms with E-state index in [4.69, 9.17) is 0 Å². The summed E-state index contributed by atoms with van der Waals surface area (Å²) in [6.45, 7) is 0. The predicted octanol–water partition coefficient (Wildman–Crippen LogP) is 0.996. The van der Waals surface area contributed by atoms with Gasteiger partial charge < -0.3 is 4.65 Å². The highest BCUT2D eigenvalue weighted by molar-refractivity contribution is 14.1. The van der Waals surface area contributed by atoms with Crippen molar-refractivity contribution in [3.63, 3.8) is 0 Å². The Labute approximate surface area is 79.5 Å². The highest BCUT2D eigenvalue weighted by atomic mass is 127. The number of halogens is 1. The molecule has 4 heteroatoms. The van der Waals surface area contributed by atoms with Crippen LogP contribution in [0.25, 0.3) is 0 Å². The molecule has 56 valence electrons. The van der Waals surface area contributed by atoms with Gasteiger partial charge in [-0.1, -0.05) is 0 Å². The zero-order chi connectivity index (χ0) is 8.27. The lowest BCUT2D eigenvalue weighted by atomic mass is 10.2. The molecule has 0 atom stereocenters. The number of benzene rings is 1. The van der Waals surface area contributed by atoms with Gasteiger partial charge in [0.25, 0.3) is 0 Å². The van der Waals surface area contributed by atoms with Gasteiger partial charge in [0.1, 0.15) is 0 Å². The largest absolute Gasteiger partial charge is 0.540 e. The van der Waals surface area contributed by atoms with Gasteiger partial charge in [0, 0.05) is 3.57 Å². The van der Waals surface area contributed by atoms with Crippen molar-refractivity contribution in [2.24, 2.45) is 0 Å². The van der Waals surface area contributed by atoms with Crippen LogP contribution in [0.15, 0.2) is 24.3 Å². The van der Waals surface area contributed by atoms with Crippen LogP contribution in [0, 0.1) is 3.57 Å². The number of hydrogen-bond donors (Lipinski definition) is 0. The average molecular weight is 260 g/mol. The van der Waals surface area contributed by atoms with Gasteiger partial charge in [0.15, 0.2) is 0 Å². The molecule has 0 heterocycles. The fourth-order valence-electron chi connectivity index (χ4n) is 0.704. The second-order valence-electron chi connectivity index (χ2n) is 2.00. The second-order valence-corrected chi connectivity index (χ2v) is 3.24. The molecule has 0 aliphatic heterocycles. The molecule has 1 aromatic carbocycles. The molecule has 2 nitrogen and oxygen atoms in total. The van der Waals surface area contributed by atoms with Crippen LogP contribution in [0.4, 0.5) is 0 Å². The maximum absolute atomic E-state index is 10.9. The Kier molecular flexibility index (Phi) is 2.93. The van der Waals surface area contributed by atoms with E-state index < -0.39 is 0 Å². The highest BCUT2D eigenvalue weighted by Crippen LogP contribution is 2.06. The van der Waals surface area contributed by atoms with Crippen molar-refractivity contribution in [2.45, 2.75) is 0 Å². The maximum Gasteiger partial charge on any atom is 0.326 e. The Morgan fingerprint density at radius 2 is 1.91 bits per heavy atom. The topological polar surface area (TPSA) is 26.3 Å². The van der Waals surface area contributed by atoms with E-state index in [1.807, 2.05) is 12.1 Å². The van der Waals surface area contributed by atoms with E-state index in [0.29, 0.717) is 5.56 Å². The number of carbonyl (C=O) groups is 1. The molecule has 1 rings (SSSR count). The van der Waals surface area contributed by atoms with E-state index in [2.05, 4.69) is 27.2 Å². The third kappa shape index (κ3) is 2.22. The summed E-state index contributed by atoms with van der Waals surface area (Å²) in [5, 5.41) is 0. The van der Waals surface area contributed by atoms with Crippen molar-refractivity contribution in [2.75, 3.05) is 0 Å². The summed E-state index contributed by atoms with van der Waals surface area (Å²) in [6, 6.07) is 7.22. The molecule has 0 N–H and O–H groups in total. The average Bonchev–Trinajstić information content (AvgIpc) is 2.05. The van der Waals surface area contributed by atoms with Crippen molar-refractivity contribution >= 4 is 36.6 Å². The van der Waals surface area contributed by atoms with Crippen LogP contribution in [0.3, 0.4) is 0 Å². The highest BCUT2D eigenvalue weighted by Gasteiger charge is 2.01. The predicted molar refractivity (Wildman–Crippen MR) is 53.1 cm³/mol. The smallest absolute Gasteiger partial charge is 0.326 e. The minimum absolute atomic E-state index is 0.290. The lowest BCUT2D eigenvalue weighted by Gasteiger charge is -1.98. The molecule has 0 aliphatic carbocycles. The van der Waals surface area contributed by atoms with Crippen molar-refractivity contribution in [1.82, 2.24) is 0 Å². The fraction of sp³-hybridized carbons (Fsp3) is 0. The van der Waals surface area contributed by atoms with Crippen molar-refractivity contribution in [1.29, 1.82) is 0 Å². The zero-order valence-corrected chi connectivity index (χ0v) is 8.16. The van der Waals surface area contributed by atoms with Crippen molar-refractivity contribution < 1.29 is 9.45 Å². The van der Waals surface area contributed by atoms with Gasteiger partial charge in [-0.15, -0.1) is 0 Å². The minimum Gasteiger partial charge on any atom is -0.540 e. The Morgan fingerprint density at radius 1 is 1.36 bits per heavy atom. The molecule has 0 bridgehead atoms. The molecular formula is C7H6BIO2. The van der Waals surface area contributed by atoms with Crippen molar-refractivity contribution in [3.8, 4) is 0 Å². The van der Waals surface area contributed by atoms with Gasteiger partial charge in [0.2, 0.25) is 0 Å². The van der Waals surface area contributed by atoms with Crippen LogP contribution in [0.5, 0.6) is 0 Å². The molecule has 0 radical (unpaired) electrons. The monoisotopic (exact) mass is 260 g/mol. The van der Waals surface area contributed by atoms with Gasteiger partial charge in [-0.3, -0.25) is 0 Å². The molecule has 0 fully saturated rings. The minimum atomic E-state index is -0.290. The summed E-state index contributed by atoms with van der Waals surface area (Å²) in [4.78, 5) is 10.9. The zero-order valence-electron chi connectivity index (χ0n) is 6.00. The Morgan fingerprint density at radius 3 is 2.36 bits per heavy atom. The lowest BCUT2D eigenvalue weighted by molar-refractivity contribution is 0.0749. The van der Waals surface area contributed by atoms with Gasteiger partial charge in [-0.2, -0.15) is 0 Å². The van der Waals surface area contributed by atoms with E-state index in [0.717, 1.165) is 3.57 Å². The molecule has 0 saturated carbocycles. The normalized spacial score (nSPS) is 9.18.